The van der Waals surface area contributed by atoms with E-state index in [1.54, 1.807) is 24.6 Å². The van der Waals surface area contributed by atoms with Gasteiger partial charge in [-0.25, -0.2) is 0 Å². The Balaban J connectivity index is 0. The maximum Gasteiger partial charge on any atom is 0.316 e. The predicted molar refractivity (Wildman–Crippen MR) is 96.0 cm³/mol. The Labute approximate surface area is 134 Å². The van der Waals surface area contributed by atoms with E-state index < -0.39 is 7.26 Å². The Morgan fingerprint density at radius 2 is 0.722 bits per heavy atom. The molecule has 0 fully saturated rings. The smallest absolute Gasteiger partial charge is 0.316 e. The van der Waals surface area contributed by atoms with Gasteiger partial charge in [0.15, 0.2) is 0 Å². The zero-order valence-corrected chi connectivity index (χ0v) is 14.0. The average molecular weight is 287 g/mol. The molecule has 0 N–H and O–H groups in total. The number of unbranched alkanes of at least 4 members (excludes halogenated alkanes) is 4. The average Bonchev–Trinajstić information content (AvgIpc) is 2.37. The quantitative estimate of drug-likeness (QED) is 0.349. The third kappa shape index (κ3) is 10.0. The molecule has 0 aromatic heterocycles. The van der Waals surface area contributed by atoms with Crippen molar-refractivity contribution in [3.63, 3.8) is 0 Å². The molecular weight excluding hydrogens is 247 g/mol. The minimum Gasteiger partial charge on any atom is 0.316 e. The van der Waals surface area contributed by atoms with Crippen LogP contribution in [0, 0.1) is 0 Å². The van der Waals surface area contributed by atoms with Crippen molar-refractivity contribution in [1.29, 1.82) is 0 Å². The van der Waals surface area contributed by atoms with Crippen LogP contribution in [0.1, 0.15) is 79.1 Å². The van der Waals surface area contributed by atoms with E-state index >= 15 is 0 Å². The normalized spacial score (nSPS) is 12.2. The number of rotatable bonds is 12. The predicted octanol–water partition coefficient (Wildman–Crippen LogP) is 5.02. The van der Waals surface area contributed by atoms with Crippen LogP contribution in [0.2, 0.25) is 0 Å². The van der Waals surface area contributed by atoms with Gasteiger partial charge >= 0.3 is 134 Å². The van der Waals surface area contributed by atoms with Gasteiger partial charge in [0.25, 0.3) is 0 Å². The van der Waals surface area contributed by atoms with Crippen LogP contribution in [0.4, 0.5) is 0 Å². The van der Waals surface area contributed by atoms with E-state index in [4.69, 9.17) is 0 Å². The molecule has 18 heavy (non-hydrogen) atoms. The van der Waals surface area contributed by atoms with Crippen LogP contribution in [-0.4, -0.2) is 47.7 Å². The fourth-order valence-electron chi connectivity index (χ4n) is 2.96. The van der Waals surface area contributed by atoms with Crippen molar-refractivity contribution >= 4 is 30.3 Å². The van der Waals surface area contributed by atoms with Gasteiger partial charge in [-0.3, -0.25) is 0 Å². The van der Waals surface area contributed by atoms with E-state index in [1.165, 1.54) is 51.4 Å². The van der Waals surface area contributed by atoms with Crippen molar-refractivity contribution in [2.45, 2.75) is 79.1 Å². The maximum absolute atomic E-state index is 2.36. The summed E-state index contributed by atoms with van der Waals surface area (Å²) in [6.45, 7) is 9.44. The first-order valence-corrected chi connectivity index (χ1v) is 11.1. The molecule has 0 saturated carbocycles. The molecule has 0 atom stereocenters. The van der Waals surface area contributed by atoms with Gasteiger partial charge < -0.3 is 0 Å². The van der Waals surface area contributed by atoms with Crippen molar-refractivity contribution in [2.24, 2.45) is 0 Å². The van der Waals surface area contributed by atoms with Gasteiger partial charge in [-0.15, -0.1) is 0 Å². The molecule has 0 rings (SSSR count). The zero-order valence-electron chi connectivity index (χ0n) is 13.0. The molecule has 0 unspecified atom stereocenters. The Hall–Kier alpha value is 1.20. The number of hydrogen-bond acceptors (Lipinski definition) is 0. The Kier molecular flexibility index (Phi) is 17.4. The van der Waals surface area contributed by atoms with Gasteiger partial charge in [0.2, 0.25) is 0 Å². The fourth-order valence-corrected chi connectivity index (χ4v) is 8.87. The summed E-state index contributed by atoms with van der Waals surface area (Å²) in [5.41, 5.74) is 0. The second-order valence-electron chi connectivity index (χ2n) is 5.91. The molecule has 0 aromatic carbocycles. The van der Waals surface area contributed by atoms with E-state index in [0.717, 1.165) is 0 Å². The van der Waals surface area contributed by atoms with Gasteiger partial charge in [-0.05, 0) is 0 Å². The van der Waals surface area contributed by atoms with Gasteiger partial charge in [0.05, 0.1) is 0 Å². The molecule has 0 aromatic rings. The van der Waals surface area contributed by atoms with E-state index in [0.29, 0.717) is 0 Å². The molecule has 0 aliphatic carbocycles. The second kappa shape index (κ2) is 14.6. The van der Waals surface area contributed by atoms with Crippen LogP contribution in [-0.2, 0) is 0 Å². The molecule has 2 heteroatoms. The van der Waals surface area contributed by atoms with Crippen LogP contribution in [0.15, 0.2) is 0 Å². The summed E-state index contributed by atoms with van der Waals surface area (Å²) >= 11 is 0. The van der Waals surface area contributed by atoms with Crippen molar-refractivity contribution in [3.8, 4) is 0 Å². The van der Waals surface area contributed by atoms with E-state index in [9.17, 15) is 0 Å². The summed E-state index contributed by atoms with van der Waals surface area (Å²) in [5, 5.41) is 0. The molecule has 0 bridgehead atoms. The molecular formula is C16H39MgP. The standard InChI is InChI=1S/C16H37P.Mg.2H/c1-5-9-13-17(14-10-6-2,15-11-7-3)16-12-8-4;;;/h17H,5-16H2,1-4H3;;;. The van der Waals surface area contributed by atoms with Crippen LogP contribution in [0.25, 0.3) is 0 Å². The third-order valence-corrected chi connectivity index (χ3v) is 9.90. The van der Waals surface area contributed by atoms with Gasteiger partial charge in [0.1, 0.15) is 0 Å². The van der Waals surface area contributed by atoms with E-state index in [2.05, 4.69) is 27.7 Å². The summed E-state index contributed by atoms with van der Waals surface area (Å²) in [5.74, 6) is 0. The van der Waals surface area contributed by atoms with E-state index in [-0.39, 0.29) is 23.1 Å². The zero-order chi connectivity index (χ0) is 13.0. The van der Waals surface area contributed by atoms with Crippen LogP contribution >= 0.6 is 7.26 Å². The van der Waals surface area contributed by atoms with Crippen LogP contribution in [0.5, 0.6) is 0 Å². The third-order valence-electron chi connectivity index (χ3n) is 4.24. The maximum atomic E-state index is 2.36. The summed E-state index contributed by atoms with van der Waals surface area (Å²) in [6, 6.07) is 0. The summed E-state index contributed by atoms with van der Waals surface area (Å²) < 4.78 is 0. The summed E-state index contributed by atoms with van der Waals surface area (Å²) in [4.78, 5) is 0. The monoisotopic (exact) mass is 286 g/mol. The Morgan fingerprint density at radius 3 is 0.889 bits per heavy atom. The molecule has 0 spiro atoms. The molecule has 0 radical (unpaired) electrons. The minimum atomic E-state index is -0.879. The largest absolute Gasteiger partial charge is 0.316 e. The molecule has 0 saturated heterocycles. The Morgan fingerprint density at radius 1 is 0.500 bits per heavy atom. The van der Waals surface area contributed by atoms with Gasteiger partial charge in [0, 0.05) is 0 Å². The van der Waals surface area contributed by atoms with Crippen molar-refractivity contribution in [3.05, 3.63) is 0 Å². The second-order valence-corrected chi connectivity index (χ2v) is 10.9. The minimum absolute atomic E-state index is 0. The van der Waals surface area contributed by atoms with Crippen LogP contribution < -0.4 is 0 Å². The van der Waals surface area contributed by atoms with Gasteiger partial charge in [-0.1, -0.05) is 0 Å². The van der Waals surface area contributed by atoms with E-state index in [1.807, 2.05) is 0 Å². The first-order valence-electron chi connectivity index (χ1n) is 8.24. The first kappa shape index (κ1) is 21.5. The topological polar surface area (TPSA) is 0 Å². The molecule has 0 heterocycles. The SMILES string of the molecule is CCCC[PH](CCCC)(CCCC)CCCC.[MgH2]. The number of hydrogen-bond donors (Lipinski definition) is 0. The van der Waals surface area contributed by atoms with Crippen molar-refractivity contribution in [1.82, 2.24) is 0 Å². The van der Waals surface area contributed by atoms with Crippen molar-refractivity contribution in [2.75, 3.05) is 24.6 Å². The molecule has 0 nitrogen and oxygen atoms in total. The molecule has 0 amide bonds. The molecule has 110 valence electrons. The van der Waals surface area contributed by atoms with Crippen molar-refractivity contribution < 1.29 is 0 Å². The fraction of sp³-hybridized carbons (Fsp3) is 1.00. The summed E-state index contributed by atoms with van der Waals surface area (Å²) in [6.07, 6.45) is 18.1. The van der Waals surface area contributed by atoms with Gasteiger partial charge in [-0.2, -0.15) is 0 Å². The first-order chi connectivity index (χ1) is 8.24. The molecule has 0 aliphatic rings. The van der Waals surface area contributed by atoms with Crippen LogP contribution in [0.3, 0.4) is 0 Å². The summed E-state index contributed by atoms with van der Waals surface area (Å²) in [7, 11) is -0.879. The molecule has 0 aliphatic heterocycles. The Bertz CT molecular complexity index is 122.